The van der Waals surface area contributed by atoms with E-state index in [9.17, 15) is 9.59 Å². The Balaban J connectivity index is 2.15. The Morgan fingerprint density at radius 2 is 1.77 bits per heavy atom. The molecule has 1 heterocycles. The second kappa shape index (κ2) is 8.29. The van der Waals surface area contributed by atoms with Gasteiger partial charge in [0, 0.05) is 43.1 Å². The Labute approximate surface area is 163 Å². The van der Waals surface area contributed by atoms with Crippen molar-refractivity contribution < 1.29 is 19.1 Å². The van der Waals surface area contributed by atoms with Crippen LogP contribution >= 0.6 is 15.9 Å². The highest BCUT2D eigenvalue weighted by atomic mass is 79.9. The summed E-state index contributed by atoms with van der Waals surface area (Å²) in [6, 6.07) is 4.16. The van der Waals surface area contributed by atoms with Gasteiger partial charge >= 0.3 is 5.97 Å². The van der Waals surface area contributed by atoms with Gasteiger partial charge < -0.3 is 19.3 Å². The normalized spacial score (nSPS) is 15.0. The molecule has 0 atom stereocenters. The number of piperazine rings is 1. The lowest BCUT2D eigenvalue weighted by molar-refractivity contribution is -0.150. The van der Waals surface area contributed by atoms with Gasteiger partial charge in [0.15, 0.2) is 6.61 Å². The number of amides is 1. The molecule has 0 aliphatic carbocycles. The Kier molecular flexibility index (Phi) is 6.55. The SMILES string of the molecule is COc1c(N2CCN(C(=O)COC(C)=O)CC2)cc(Br)cc1C(C)(C)C. The van der Waals surface area contributed by atoms with Crippen LogP contribution in [0.2, 0.25) is 0 Å². The van der Waals surface area contributed by atoms with Crippen LogP contribution in [-0.4, -0.2) is 56.7 Å². The number of carbonyl (C=O) groups is 2. The summed E-state index contributed by atoms with van der Waals surface area (Å²) in [5.74, 6) is 0.280. The molecule has 0 unspecified atom stereocenters. The monoisotopic (exact) mass is 426 g/mol. The topological polar surface area (TPSA) is 59.1 Å². The summed E-state index contributed by atoms with van der Waals surface area (Å²) in [5.41, 5.74) is 2.11. The largest absolute Gasteiger partial charge is 0.494 e. The van der Waals surface area contributed by atoms with Crippen LogP contribution < -0.4 is 9.64 Å². The van der Waals surface area contributed by atoms with Crippen LogP contribution in [-0.2, 0) is 19.7 Å². The van der Waals surface area contributed by atoms with Gasteiger partial charge in [-0.3, -0.25) is 9.59 Å². The minimum absolute atomic E-state index is 0.0499. The first-order chi connectivity index (χ1) is 12.1. The smallest absolute Gasteiger partial charge is 0.303 e. The molecule has 1 aromatic rings. The molecule has 1 aromatic carbocycles. The van der Waals surface area contributed by atoms with Crippen molar-refractivity contribution in [2.24, 2.45) is 0 Å². The molecule has 6 nitrogen and oxygen atoms in total. The first-order valence-corrected chi connectivity index (χ1v) is 9.47. The van der Waals surface area contributed by atoms with Crippen LogP contribution in [0.1, 0.15) is 33.3 Å². The molecular formula is C19H27BrN2O4. The van der Waals surface area contributed by atoms with E-state index in [4.69, 9.17) is 9.47 Å². The van der Waals surface area contributed by atoms with E-state index in [-0.39, 0.29) is 17.9 Å². The van der Waals surface area contributed by atoms with Crippen molar-refractivity contribution in [2.75, 3.05) is 44.8 Å². The molecular weight excluding hydrogens is 400 g/mol. The maximum Gasteiger partial charge on any atom is 0.303 e. The molecule has 0 saturated carbocycles. The van der Waals surface area contributed by atoms with Crippen molar-refractivity contribution >= 4 is 33.5 Å². The molecule has 0 aromatic heterocycles. The van der Waals surface area contributed by atoms with E-state index < -0.39 is 5.97 Å². The lowest BCUT2D eigenvalue weighted by atomic mass is 9.86. The number of hydrogen-bond donors (Lipinski definition) is 0. The molecule has 144 valence electrons. The maximum absolute atomic E-state index is 12.1. The number of esters is 1. The van der Waals surface area contributed by atoms with E-state index in [0.717, 1.165) is 21.5 Å². The average molecular weight is 427 g/mol. The second-order valence-electron chi connectivity index (χ2n) is 7.40. The summed E-state index contributed by atoms with van der Waals surface area (Å²) in [4.78, 5) is 26.9. The average Bonchev–Trinajstić information content (AvgIpc) is 2.58. The van der Waals surface area contributed by atoms with E-state index in [0.29, 0.717) is 26.2 Å². The van der Waals surface area contributed by atoms with Gasteiger partial charge in [0.1, 0.15) is 5.75 Å². The Morgan fingerprint density at radius 3 is 2.27 bits per heavy atom. The summed E-state index contributed by atoms with van der Waals surface area (Å²) in [7, 11) is 1.70. The molecule has 2 rings (SSSR count). The predicted octanol–water partition coefficient (Wildman–Crippen LogP) is 2.97. The van der Waals surface area contributed by atoms with E-state index in [2.05, 4.69) is 53.7 Å². The van der Waals surface area contributed by atoms with E-state index in [1.807, 2.05) is 0 Å². The number of halogens is 1. The molecule has 0 radical (unpaired) electrons. The van der Waals surface area contributed by atoms with Crippen LogP contribution in [0.25, 0.3) is 0 Å². The Morgan fingerprint density at radius 1 is 1.15 bits per heavy atom. The number of nitrogens with zero attached hydrogens (tertiary/aromatic N) is 2. The molecule has 26 heavy (non-hydrogen) atoms. The van der Waals surface area contributed by atoms with Gasteiger partial charge in [0.25, 0.3) is 5.91 Å². The summed E-state index contributed by atoms with van der Waals surface area (Å²) in [6.07, 6.45) is 0. The van der Waals surface area contributed by atoms with Gasteiger partial charge in [-0.1, -0.05) is 36.7 Å². The lowest BCUT2D eigenvalue weighted by Crippen LogP contribution is -2.50. The van der Waals surface area contributed by atoms with Gasteiger partial charge in [0.05, 0.1) is 12.8 Å². The fourth-order valence-electron chi connectivity index (χ4n) is 3.04. The van der Waals surface area contributed by atoms with Gasteiger partial charge in [-0.15, -0.1) is 0 Å². The first-order valence-electron chi connectivity index (χ1n) is 8.67. The molecule has 7 heteroatoms. The lowest BCUT2D eigenvalue weighted by Gasteiger charge is -2.37. The van der Waals surface area contributed by atoms with Crippen molar-refractivity contribution in [3.05, 3.63) is 22.2 Å². The Bertz CT molecular complexity index is 677. The highest BCUT2D eigenvalue weighted by Gasteiger charge is 2.27. The highest BCUT2D eigenvalue weighted by molar-refractivity contribution is 9.10. The molecule has 0 N–H and O–H groups in total. The summed E-state index contributed by atoms with van der Waals surface area (Å²) < 4.78 is 11.6. The highest BCUT2D eigenvalue weighted by Crippen LogP contribution is 2.41. The molecule has 1 amide bonds. The first kappa shape index (κ1) is 20.6. The number of ether oxygens (including phenoxy) is 2. The number of rotatable bonds is 4. The van der Waals surface area contributed by atoms with Gasteiger partial charge in [-0.2, -0.15) is 0 Å². The molecule has 0 spiro atoms. The summed E-state index contributed by atoms with van der Waals surface area (Å²) >= 11 is 3.61. The zero-order chi connectivity index (χ0) is 19.5. The van der Waals surface area contributed by atoms with Crippen LogP contribution in [0.15, 0.2) is 16.6 Å². The number of methoxy groups -OCH3 is 1. The number of anilines is 1. The third-order valence-corrected chi connectivity index (χ3v) is 4.88. The van der Waals surface area contributed by atoms with Gasteiger partial charge in [-0.25, -0.2) is 0 Å². The Hall–Kier alpha value is -1.76. The van der Waals surface area contributed by atoms with Crippen LogP contribution in [0.5, 0.6) is 5.75 Å². The quantitative estimate of drug-likeness (QED) is 0.692. The predicted molar refractivity (Wildman–Crippen MR) is 105 cm³/mol. The zero-order valence-corrected chi connectivity index (χ0v) is 17.7. The number of benzene rings is 1. The fraction of sp³-hybridized carbons (Fsp3) is 0.579. The van der Waals surface area contributed by atoms with Gasteiger partial charge in [0.2, 0.25) is 0 Å². The second-order valence-corrected chi connectivity index (χ2v) is 8.32. The molecule has 0 bridgehead atoms. The number of hydrogen-bond acceptors (Lipinski definition) is 5. The van der Waals surface area contributed by atoms with Gasteiger partial charge in [-0.05, 0) is 17.5 Å². The maximum atomic E-state index is 12.1. The third kappa shape index (κ3) is 4.90. The third-order valence-electron chi connectivity index (χ3n) is 4.42. The van der Waals surface area contributed by atoms with Crippen molar-refractivity contribution in [1.29, 1.82) is 0 Å². The zero-order valence-electron chi connectivity index (χ0n) is 16.1. The molecule has 1 aliphatic rings. The number of carbonyl (C=O) groups excluding carboxylic acids is 2. The standard InChI is InChI=1S/C19H27BrN2O4/c1-13(23)26-12-17(24)22-8-6-21(7-9-22)16-11-14(20)10-15(18(16)25-5)19(2,3)4/h10-11H,6-9,12H2,1-5H3. The summed E-state index contributed by atoms with van der Waals surface area (Å²) in [5, 5.41) is 0. The fourth-order valence-corrected chi connectivity index (χ4v) is 3.48. The summed E-state index contributed by atoms with van der Waals surface area (Å²) in [6.45, 7) is 10.2. The van der Waals surface area contributed by atoms with E-state index >= 15 is 0 Å². The van der Waals surface area contributed by atoms with Crippen LogP contribution in [0.3, 0.4) is 0 Å². The van der Waals surface area contributed by atoms with Crippen LogP contribution in [0, 0.1) is 0 Å². The molecule has 1 fully saturated rings. The van der Waals surface area contributed by atoms with E-state index in [1.54, 1.807) is 12.0 Å². The molecule has 1 saturated heterocycles. The molecule has 1 aliphatic heterocycles. The van der Waals surface area contributed by atoms with Crippen molar-refractivity contribution in [3.8, 4) is 5.75 Å². The van der Waals surface area contributed by atoms with E-state index in [1.165, 1.54) is 6.92 Å². The minimum atomic E-state index is -0.439. The van der Waals surface area contributed by atoms with Crippen molar-refractivity contribution in [2.45, 2.75) is 33.1 Å². The van der Waals surface area contributed by atoms with Crippen LogP contribution in [0.4, 0.5) is 5.69 Å². The van der Waals surface area contributed by atoms with Crippen molar-refractivity contribution in [1.82, 2.24) is 4.90 Å². The van der Waals surface area contributed by atoms with Crippen molar-refractivity contribution in [3.63, 3.8) is 0 Å². The minimum Gasteiger partial charge on any atom is -0.494 e.